The van der Waals surface area contributed by atoms with Gasteiger partial charge in [0.15, 0.2) is 0 Å². The number of carbonyl (C=O) groups is 1. The third kappa shape index (κ3) is 3.90. The molecule has 3 N–H and O–H groups in total. The molecule has 136 valence electrons. The number of nitrogens with one attached hydrogen (secondary N) is 2. The molecular weight excluding hydrogens is 318 g/mol. The molecule has 1 aliphatic heterocycles. The molecule has 0 radical (unpaired) electrons. The topological polar surface area (TPSA) is 77.6 Å². The number of carbonyl (C=O) groups excluding carboxylic acids is 1. The van der Waals surface area contributed by atoms with Crippen molar-refractivity contribution in [1.29, 1.82) is 0 Å². The van der Waals surface area contributed by atoms with Crippen molar-refractivity contribution < 1.29 is 14.6 Å². The highest BCUT2D eigenvalue weighted by molar-refractivity contribution is 5.89. The van der Waals surface area contributed by atoms with Crippen LogP contribution in [0.1, 0.15) is 25.3 Å². The number of urea groups is 1. The van der Waals surface area contributed by atoms with Crippen LogP contribution in [-0.4, -0.2) is 53.9 Å². The fourth-order valence-corrected chi connectivity index (χ4v) is 3.59. The van der Waals surface area contributed by atoms with E-state index >= 15 is 0 Å². The van der Waals surface area contributed by atoms with Gasteiger partial charge in [-0.1, -0.05) is 6.07 Å². The Morgan fingerprint density at radius 1 is 1.52 bits per heavy atom. The predicted octanol–water partition coefficient (Wildman–Crippen LogP) is 2.52. The van der Waals surface area contributed by atoms with Crippen LogP contribution in [0.3, 0.4) is 0 Å². The highest BCUT2D eigenvalue weighted by Crippen LogP contribution is 2.28. The molecule has 1 aromatic heterocycles. The number of rotatable bonds is 5. The molecule has 0 bridgehead atoms. The number of fused-ring (bicyclic) bond motifs is 1. The molecule has 0 spiro atoms. The summed E-state index contributed by atoms with van der Waals surface area (Å²) in [6.45, 7) is 3.76. The highest BCUT2D eigenvalue weighted by Gasteiger charge is 2.26. The van der Waals surface area contributed by atoms with Crippen molar-refractivity contribution >= 4 is 16.9 Å². The monoisotopic (exact) mass is 345 g/mol. The second kappa shape index (κ2) is 7.78. The minimum absolute atomic E-state index is 0.0443. The molecule has 1 aromatic carbocycles. The van der Waals surface area contributed by atoms with Crippen LogP contribution in [0.4, 0.5) is 4.79 Å². The van der Waals surface area contributed by atoms with Crippen LogP contribution in [-0.2, 0) is 6.42 Å². The van der Waals surface area contributed by atoms with Gasteiger partial charge in [0, 0.05) is 42.7 Å². The summed E-state index contributed by atoms with van der Waals surface area (Å²) in [5.41, 5.74) is 2.17. The standard InChI is InChI=1S/C19H27N3O3/c1-13(23)15-5-4-10-22(12-15)19(24)20-9-8-14-11-21-16-6-3-7-17(25-2)18(14)16/h3,6-7,11,13,15,21,23H,4-5,8-10,12H2,1-2H3,(H,20,24). The summed E-state index contributed by atoms with van der Waals surface area (Å²) in [4.78, 5) is 17.5. The van der Waals surface area contributed by atoms with E-state index < -0.39 is 0 Å². The van der Waals surface area contributed by atoms with Gasteiger partial charge in [0.1, 0.15) is 5.75 Å². The summed E-state index contributed by atoms with van der Waals surface area (Å²) in [6.07, 6.45) is 4.28. The summed E-state index contributed by atoms with van der Waals surface area (Å²) < 4.78 is 5.44. The highest BCUT2D eigenvalue weighted by atomic mass is 16.5. The molecule has 0 saturated carbocycles. The second-order valence-electron chi connectivity index (χ2n) is 6.77. The number of aliphatic hydroxyl groups excluding tert-OH is 1. The van der Waals surface area contributed by atoms with Gasteiger partial charge >= 0.3 is 6.03 Å². The minimum Gasteiger partial charge on any atom is -0.496 e. The normalized spacial score (nSPS) is 19.0. The van der Waals surface area contributed by atoms with E-state index in [1.165, 1.54) is 0 Å². The van der Waals surface area contributed by atoms with Crippen LogP contribution in [0.25, 0.3) is 10.9 Å². The lowest BCUT2D eigenvalue weighted by Crippen LogP contribution is -2.47. The molecule has 25 heavy (non-hydrogen) atoms. The number of amides is 2. The SMILES string of the molecule is COc1cccc2[nH]cc(CCNC(=O)N3CCCC(C(C)O)C3)c12. The lowest BCUT2D eigenvalue weighted by molar-refractivity contribution is 0.0740. The number of aromatic amines is 1. The Balaban J connectivity index is 1.57. The molecule has 2 atom stereocenters. The van der Waals surface area contributed by atoms with Gasteiger partial charge in [0.25, 0.3) is 0 Å². The fourth-order valence-electron chi connectivity index (χ4n) is 3.59. The van der Waals surface area contributed by atoms with Crippen molar-refractivity contribution in [2.45, 2.75) is 32.3 Å². The van der Waals surface area contributed by atoms with E-state index in [1.807, 2.05) is 29.3 Å². The number of aliphatic hydroxyl groups is 1. The zero-order chi connectivity index (χ0) is 17.8. The maximum Gasteiger partial charge on any atom is 0.317 e. The Morgan fingerprint density at radius 2 is 2.36 bits per heavy atom. The van der Waals surface area contributed by atoms with Crippen molar-refractivity contribution in [2.24, 2.45) is 5.92 Å². The van der Waals surface area contributed by atoms with Crippen molar-refractivity contribution in [3.8, 4) is 5.75 Å². The van der Waals surface area contributed by atoms with E-state index in [0.29, 0.717) is 13.1 Å². The fraction of sp³-hybridized carbons (Fsp3) is 0.526. The number of hydrogen-bond acceptors (Lipinski definition) is 3. The number of methoxy groups -OCH3 is 1. The number of H-pyrrole nitrogens is 1. The lowest BCUT2D eigenvalue weighted by Gasteiger charge is -2.34. The van der Waals surface area contributed by atoms with E-state index in [4.69, 9.17) is 4.74 Å². The third-order valence-electron chi connectivity index (χ3n) is 5.07. The molecule has 2 amide bonds. The number of likely N-dealkylation sites (tertiary alicyclic amines) is 1. The predicted molar refractivity (Wildman–Crippen MR) is 97.9 cm³/mol. The molecule has 1 fully saturated rings. The molecule has 1 aliphatic rings. The van der Waals surface area contributed by atoms with Gasteiger partial charge in [-0.25, -0.2) is 4.79 Å². The van der Waals surface area contributed by atoms with E-state index in [9.17, 15) is 9.90 Å². The van der Waals surface area contributed by atoms with Crippen LogP contribution in [0.2, 0.25) is 0 Å². The van der Waals surface area contributed by atoms with Crippen molar-refractivity contribution in [2.75, 3.05) is 26.7 Å². The second-order valence-corrected chi connectivity index (χ2v) is 6.77. The maximum atomic E-state index is 12.4. The quantitative estimate of drug-likeness (QED) is 0.779. The Morgan fingerprint density at radius 3 is 3.12 bits per heavy atom. The Hall–Kier alpha value is -2.21. The molecule has 2 unspecified atom stereocenters. The van der Waals surface area contributed by atoms with Gasteiger partial charge < -0.3 is 25.0 Å². The van der Waals surface area contributed by atoms with Gasteiger partial charge in [-0.15, -0.1) is 0 Å². The van der Waals surface area contributed by atoms with Gasteiger partial charge in [0.05, 0.1) is 13.2 Å². The molecule has 1 saturated heterocycles. The van der Waals surface area contributed by atoms with Crippen molar-refractivity contribution in [3.63, 3.8) is 0 Å². The minimum atomic E-state index is -0.366. The third-order valence-corrected chi connectivity index (χ3v) is 5.07. The molecule has 3 rings (SSSR count). The summed E-state index contributed by atoms with van der Waals surface area (Å²) >= 11 is 0. The Bertz CT molecular complexity index is 726. The van der Waals surface area contributed by atoms with Crippen molar-refractivity contribution in [3.05, 3.63) is 30.0 Å². The number of hydrogen-bond donors (Lipinski definition) is 3. The molecule has 6 nitrogen and oxygen atoms in total. The average molecular weight is 345 g/mol. The van der Waals surface area contributed by atoms with Crippen LogP contribution in [0.5, 0.6) is 5.75 Å². The first-order valence-corrected chi connectivity index (χ1v) is 8.94. The van der Waals surface area contributed by atoms with Gasteiger partial charge in [-0.05, 0) is 43.9 Å². The largest absolute Gasteiger partial charge is 0.496 e. The van der Waals surface area contributed by atoms with Crippen LogP contribution < -0.4 is 10.1 Å². The van der Waals surface area contributed by atoms with Gasteiger partial charge in [-0.2, -0.15) is 0 Å². The zero-order valence-corrected chi connectivity index (χ0v) is 14.9. The van der Waals surface area contributed by atoms with E-state index in [0.717, 1.165) is 48.0 Å². The summed E-state index contributed by atoms with van der Waals surface area (Å²) in [5, 5.41) is 13.8. The zero-order valence-electron chi connectivity index (χ0n) is 14.9. The molecular formula is C19H27N3O3. The van der Waals surface area contributed by atoms with Gasteiger partial charge in [-0.3, -0.25) is 0 Å². The van der Waals surface area contributed by atoms with Crippen molar-refractivity contribution in [1.82, 2.24) is 15.2 Å². The summed E-state index contributed by atoms with van der Waals surface area (Å²) in [6, 6.07) is 5.88. The number of ether oxygens (including phenoxy) is 1. The van der Waals surface area contributed by atoms with Crippen LogP contribution >= 0.6 is 0 Å². The molecule has 6 heteroatoms. The molecule has 2 aromatic rings. The first-order valence-electron chi connectivity index (χ1n) is 8.94. The number of benzene rings is 1. The number of aromatic nitrogens is 1. The van der Waals surface area contributed by atoms with Crippen LogP contribution in [0.15, 0.2) is 24.4 Å². The Kier molecular flexibility index (Phi) is 5.48. The summed E-state index contributed by atoms with van der Waals surface area (Å²) in [7, 11) is 1.67. The van der Waals surface area contributed by atoms with E-state index in [1.54, 1.807) is 14.0 Å². The van der Waals surface area contributed by atoms with E-state index in [2.05, 4.69) is 10.3 Å². The first-order chi connectivity index (χ1) is 12.1. The first kappa shape index (κ1) is 17.6. The average Bonchev–Trinajstić information content (AvgIpc) is 3.05. The maximum absolute atomic E-state index is 12.4. The lowest BCUT2D eigenvalue weighted by atomic mass is 9.94. The number of nitrogens with zero attached hydrogens (tertiary/aromatic N) is 1. The Labute approximate surface area is 148 Å². The summed E-state index contributed by atoms with van der Waals surface area (Å²) in [5.74, 6) is 1.02. The number of piperidine rings is 1. The molecule has 0 aliphatic carbocycles. The smallest absolute Gasteiger partial charge is 0.317 e. The molecule has 2 heterocycles. The van der Waals surface area contributed by atoms with Crippen LogP contribution in [0, 0.1) is 5.92 Å². The van der Waals surface area contributed by atoms with E-state index in [-0.39, 0.29) is 18.1 Å². The van der Waals surface area contributed by atoms with Gasteiger partial charge in [0.2, 0.25) is 0 Å².